The first-order valence-corrected chi connectivity index (χ1v) is 7.49. The van der Waals surface area contributed by atoms with Gasteiger partial charge in [0.05, 0.1) is 4.92 Å². The average molecular weight is 291 g/mol. The van der Waals surface area contributed by atoms with Crippen molar-refractivity contribution in [2.24, 2.45) is 11.3 Å². The number of para-hydroxylation sites is 1. The molecule has 1 aliphatic heterocycles. The molecule has 1 aromatic rings. The van der Waals surface area contributed by atoms with Crippen LogP contribution >= 0.6 is 0 Å². The maximum atomic E-state index is 11.1. The molecular weight excluding hydrogens is 266 g/mol. The predicted octanol–water partition coefficient (Wildman–Crippen LogP) is 3.50. The van der Waals surface area contributed by atoms with E-state index in [0.29, 0.717) is 17.0 Å². The fourth-order valence-corrected chi connectivity index (χ4v) is 3.08. The smallest absolute Gasteiger partial charge is 0.292 e. The van der Waals surface area contributed by atoms with Crippen LogP contribution in [0.5, 0.6) is 0 Å². The zero-order chi connectivity index (χ0) is 15.6. The van der Waals surface area contributed by atoms with Crippen molar-refractivity contribution in [3.63, 3.8) is 0 Å². The van der Waals surface area contributed by atoms with Crippen LogP contribution in [0.1, 0.15) is 32.8 Å². The van der Waals surface area contributed by atoms with E-state index in [1.807, 2.05) is 6.07 Å². The Balaban J connectivity index is 2.14. The van der Waals surface area contributed by atoms with Gasteiger partial charge >= 0.3 is 0 Å². The van der Waals surface area contributed by atoms with Gasteiger partial charge in [-0.2, -0.15) is 0 Å². The molecule has 0 bridgehead atoms. The second-order valence-corrected chi connectivity index (χ2v) is 6.91. The highest BCUT2D eigenvalue weighted by Crippen LogP contribution is 2.35. The van der Waals surface area contributed by atoms with Crippen molar-refractivity contribution in [1.82, 2.24) is 4.90 Å². The Labute approximate surface area is 126 Å². The molecule has 1 N–H and O–H groups in total. The van der Waals surface area contributed by atoms with Crippen molar-refractivity contribution in [2.45, 2.75) is 33.7 Å². The van der Waals surface area contributed by atoms with Crippen LogP contribution in [-0.2, 0) is 6.54 Å². The van der Waals surface area contributed by atoms with Gasteiger partial charge in [0.25, 0.3) is 5.69 Å². The van der Waals surface area contributed by atoms with Crippen LogP contribution in [0, 0.1) is 21.4 Å². The van der Waals surface area contributed by atoms with Crippen LogP contribution in [0.15, 0.2) is 18.2 Å². The first kappa shape index (κ1) is 15.8. The number of likely N-dealkylation sites (tertiary alicyclic amines) is 1. The summed E-state index contributed by atoms with van der Waals surface area (Å²) >= 11 is 0. The molecule has 0 spiro atoms. The molecule has 116 valence electrons. The lowest BCUT2D eigenvalue weighted by molar-refractivity contribution is -0.384. The Hall–Kier alpha value is -1.62. The maximum Gasteiger partial charge on any atom is 0.292 e. The number of hydrogen-bond donors (Lipinski definition) is 1. The molecule has 1 fully saturated rings. The molecule has 0 radical (unpaired) electrons. The van der Waals surface area contributed by atoms with Crippen molar-refractivity contribution in [3.05, 3.63) is 33.9 Å². The number of nitrogens with zero attached hydrogens (tertiary/aromatic N) is 2. The van der Waals surface area contributed by atoms with E-state index in [1.165, 1.54) is 6.42 Å². The first-order valence-electron chi connectivity index (χ1n) is 7.49. The van der Waals surface area contributed by atoms with Crippen molar-refractivity contribution in [1.29, 1.82) is 0 Å². The minimum absolute atomic E-state index is 0.154. The van der Waals surface area contributed by atoms with E-state index >= 15 is 0 Å². The Kier molecular flexibility index (Phi) is 4.52. The summed E-state index contributed by atoms with van der Waals surface area (Å²) in [5.74, 6) is 0.689. The first-order chi connectivity index (χ1) is 9.82. The molecule has 0 amide bonds. The molecule has 1 aliphatic rings. The summed E-state index contributed by atoms with van der Waals surface area (Å²) in [7, 11) is 1.74. The molecular formula is C16H25N3O2. The molecule has 0 aromatic heterocycles. The van der Waals surface area contributed by atoms with Crippen molar-refractivity contribution < 1.29 is 4.92 Å². The Morgan fingerprint density at radius 3 is 2.67 bits per heavy atom. The van der Waals surface area contributed by atoms with Crippen LogP contribution in [0.3, 0.4) is 0 Å². The fraction of sp³-hybridized carbons (Fsp3) is 0.625. The second kappa shape index (κ2) is 6.02. The van der Waals surface area contributed by atoms with Gasteiger partial charge in [-0.3, -0.25) is 15.0 Å². The molecule has 2 rings (SSSR count). The summed E-state index contributed by atoms with van der Waals surface area (Å²) in [6, 6.07) is 5.30. The summed E-state index contributed by atoms with van der Waals surface area (Å²) in [6.45, 7) is 9.75. The minimum Gasteiger partial charge on any atom is -0.382 e. The standard InChI is InChI=1S/C16H25N3O2/c1-16(2,3)13-8-9-18(11-13)10-12-6-5-7-14(19(20)21)15(12)17-4/h5-7,13,17H,8-11H2,1-4H3. The summed E-state index contributed by atoms with van der Waals surface area (Å²) in [6.07, 6.45) is 1.20. The number of nitro benzene ring substituents is 1. The van der Waals surface area contributed by atoms with E-state index in [1.54, 1.807) is 19.2 Å². The summed E-state index contributed by atoms with van der Waals surface area (Å²) in [5.41, 5.74) is 2.12. The van der Waals surface area contributed by atoms with Gasteiger partial charge < -0.3 is 5.32 Å². The topological polar surface area (TPSA) is 58.4 Å². The molecule has 21 heavy (non-hydrogen) atoms. The van der Waals surface area contributed by atoms with E-state index in [9.17, 15) is 10.1 Å². The molecule has 1 aromatic carbocycles. The van der Waals surface area contributed by atoms with Crippen LogP contribution in [-0.4, -0.2) is 30.0 Å². The average Bonchev–Trinajstić information content (AvgIpc) is 2.87. The Bertz CT molecular complexity index is 523. The van der Waals surface area contributed by atoms with Gasteiger partial charge in [0, 0.05) is 26.2 Å². The largest absolute Gasteiger partial charge is 0.382 e. The van der Waals surface area contributed by atoms with Gasteiger partial charge in [0.15, 0.2) is 0 Å². The maximum absolute atomic E-state index is 11.1. The quantitative estimate of drug-likeness (QED) is 0.681. The number of anilines is 1. The summed E-state index contributed by atoms with van der Waals surface area (Å²) in [4.78, 5) is 13.2. The predicted molar refractivity (Wildman–Crippen MR) is 85.5 cm³/mol. The third-order valence-corrected chi connectivity index (χ3v) is 4.47. The van der Waals surface area contributed by atoms with Crippen molar-refractivity contribution >= 4 is 11.4 Å². The highest BCUT2D eigenvalue weighted by Gasteiger charge is 2.32. The van der Waals surface area contributed by atoms with Gasteiger partial charge in [0.1, 0.15) is 5.69 Å². The highest BCUT2D eigenvalue weighted by molar-refractivity contribution is 5.66. The van der Waals surface area contributed by atoms with Gasteiger partial charge in [0.2, 0.25) is 0 Å². The van der Waals surface area contributed by atoms with Gasteiger partial charge in [-0.15, -0.1) is 0 Å². The van der Waals surface area contributed by atoms with E-state index in [4.69, 9.17) is 0 Å². The molecule has 1 unspecified atom stereocenters. The zero-order valence-electron chi connectivity index (χ0n) is 13.3. The lowest BCUT2D eigenvalue weighted by Crippen LogP contribution is -2.26. The molecule has 5 heteroatoms. The van der Waals surface area contributed by atoms with E-state index in [0.717, 1.165) is 25.2 Å². The van der Waals surface area contributed by atoms with E-state index in [2.05, 4.69) is 31.0 Å². The van der Waals surface area contributed by atoms with E-state index in [-0.39, 0.29) is 10.6 Å². The normalized spacial score (nSPS) is 19.7. The zero-order valence-corrected chi connectivity index (χ0v) is 13.3. The van der Waals surface area contributed by atoms with Crippen LogP contribution < -0.4 is 5.32 Å². The molecule has 1 atom stereocenters. The second-order valence-electron chi connectivity index (χ2n) is 6.91. The Morgan fingerprint density at radius 1 is 1.43 bits per heavy atom. The monoisotopic (exact) mass is 291 g/mol. The van der Waals surface area contributed by atoms with Crippen LogP contribution in [0.2, 0.25) is 0 Å². The molecule has 1 saturated heterocycles. The SMILES string of the molecule is CNc1c(CN2CCC(C(C)(C)C)C2)cccc1[N+](=O)[O-]. The van der Waals surface area contributed by atoms with Crippen molar-refractivity contribution in [2.75, 3.05) is 25.5 Å². The Morgan fingerprint density at radius 2 is 2.14 bits per heavy atom. The van der Waals surface area contributed by atoms with Crippen LogP contribution in [0.4, 0.5) is 11.4 Å². The number of nitrogens with one attached hydrogen (secondary N) is 1. The van der Waals surface area contributed by atoms with E-state index < -0.39 is 0 Å². The number of benzene rings is 1. The molecule has 1 heterocycles. The number of hydrogen-bond acceptors (Lipinski definition) is 4. The van der Waals surface area contributed by atoms with Crippen molar-refractivity contribution in [3.8, 4) is 0 Å². The lowest BCUT2D eigenvalue weighted by atomic mass is 9.80. The van der Waals surface area contributed by atoms with Gasteiger partial charge in [-0.25, -0.2) is 0 Å². The van der Waals surface area contributed by atoms with Gasteiger partial charge in [-0.05, 0) is 29.9 Å². The van der Waals surface area contributed by atoms with Crippen LogP contribution in [0.25, 0.3) is 0 Å². The third-order valence-electron chi connectivity index (χ3n) is 4.47. The molecule has 0 aliphatic carbocycles. The minimum atomic E-state index is -0.322. The number of rotatable bonds is 4. The third kappa shape index (κ3) is 3.53. The molecule has 5 nitrogen and oxygen atoms in total. The number of nitro groups is 1. The lowest BCUT2D eigenvalue weighted by Gasteiger charge is -2.27. The summed E-state index contributed by atoms with van der Waals surface area (Å²) in [5, 5.41) is 14.1. The summed E-state index contributed by atoms with van der Waals surface area (Å²) < 4.78 is 0. The fourth-order valence-electron chi connectivity index (χ4n) is 3.08. The van der Waals surface area contributed by atoms with Gasteiger partial charge in [-0.1, -0.05) is 32.9 Å². The highest BCUT2D eigenvalue weighted by atomic mass is 16.6. The molecule has 0 saturated carbocycles.